The molecule has 7 nitrogen and oxygen atoms in total. The quantitative estimate of drug-likeness (QED) is 0.542. The number of nitro groups is 1. The van der Waals surface area contributed by atoms with Gasteiger partial charge in [0.2, 0.25) is 4.96 Å². The van der Waals surface area contributed by atoms with Gasteiger partial charge in [-0.25, -0.2) is 9.50 Å². The van der Waals surface area contributed by atoms with Crippen molar-refractivity contribution in [2.24, 2.45) is 0 Å². The Labute approximate surface area is 111 Å². The van der Waals surface area contributed by atoms with Gasteiger partial charge < -0.3 is 4.74 Å². The Hall–Kier alpha value is -2.48. The molecule has 0 aliphatic heterocycles. The van der Waals surface area contributed by atoms with Crippen LogP contribution < -0.4 is 4.74 Å². The van der Waals surface area contributed by atoms with Crippen LogP contribution in [0.2, 0.25) is 0 Å². The zero-order valence-corrected chi connectivity index (χ0v) is 10.6. The van der Waals surface area contributed by atoms with Crippen molar-refractivity contribution >= 4 is 22.0 Å². The second-order valence-electron chi connectivity index (χ2n) is 3.83. The zero-order chi connectivity index (χ0) is 13.4. The molecule has 2 heterocycles. The fraction of sp³-hybridized carbons (Fsp3) is 0.0909. The Morgan fingerprint density at radius 1 is 1.47 bits per heavy atom. The Morgan fingerprint density at radius 2 is 2.32 bits per heavy atom. The van der Waals surface area contributed by atoms with Crippen molar-refractivity contribution in [3.8, 4) is 10.9 Å². The predicted molar refractivity (Wildman–Crippen MR) is 68.8 cm³/mol. The van der Waals surface area contributed by atoms with Gasteiger partial charge in [-0.15, -0.1) is 5.10 Å². The van der Waals surface area contributed by atoms with Crippen molar-refractivity contribution in [1.29, 1.82) is 0 Å². The molecular weight excluding hydrogens is 268 g/mol. The molecule has 96 valence electrons. The summed E-state index contributed by atoms with van der Waals surface area (Å²) in [6.45, 7) is 1.88. The van der Waals surface area contributed by atoms with Gasteiger partial charge in [0, 0.05) is 6.07 Å². The second kappa shape index (κ2) is 4.32. The number of hydrogen-bond donors (Lipinski definition) is 0. The monoisotopic (exact) mass is 276 g/mol. The minimum atomic E-state index is -0.467. The van der Waals surface area contributed by atoms with Crippen LogP contribution in [0.5, 0.6) is 10.9 Å². The topological polar surface area (TPSA) is 82.6 Å². The Balaban J connectivity index is 1.89. The molecule has 2 aromatic heterocycles. The number of fused-ring (bicyclic) bond motifs is 1. The molecule has 0 amide bonds. The minimum absolute atomic E-state index is 0.0188. The molecule has 0 unspecified atom stereocenters. The SMILES string of the molecule is Cc1cn2nc(Oc3cccc([N+](=O)[O-])c3)sc2n1. The molecule has 0 atom stereocenters. The van der Waals surface area contributed by atoms with E-state index in [-0.39, 0.29) is 5.69 Å². The third-order valence-electron chi connectivity index (χ3n) is 2.38. The molecule has 0 saturated heterocycles. The maximum absolute atomic E-state index is 10.7. The lowest BCUT2D eigenvalue weighted by Crippen LogP contribution is -1.89. The van der Waals surface area contributed by atoms with Gasteiger partial charge in [-0.05, 0) is 24.3 Å². The van der Waals surface area contributed by atoms with Gasteiger partial charge in [-0.1, -0.05) is 6.07 Å². The number of nitrogens with zero attached hydrogens (tertiary/aromatic N) is 4. The standard InChI is InChI=1S/C11H8N4O3S/c1-7-6-14-10(12-7)19-11(13-14)18-9-4-2-3-8(5-9)15(16)17/h2-6H,1H3. The Morgan fingerprint density at radius 3 is 3.05 bits per heavy atom. The van der Waals surface area contributed by atoms with Crippen molar-refractivity contribution in [2.75, 3.05) is 0 Å². The van der Waals surface area contributed by atoms with Gasteiger partial charge in [0.1, 0.15) is 5.75 Å². The van der Waals surface area contributed by atoms with Gasteiger partial charge in [-0.2, -0.15) is 0 Å². The summed E-state index contributed by atoms with van der Waals surface area (Å²) in [5.74, 6) is 0.378. The van der Waals surface area contributed by atoms with Gasteiger partial charge in [-0.3, -0.25) is 10.1 Å². The van der Waals surface area contributed by atoms with Gasteiger partial charge in [0.05, 0.1) is 22.9 Å². The number of aryl methyl sites for hydroxylation is 1. The molecular formula is C11H8N4O3S. The van der Waals surface area contributed by atoms with Crippen molar-refractivity contribution in [2.45, 2.75) is 6.92 Å². The lowest BCUT2D eigenvalue weighted by atomic mass is 10.3. The van der Waals surface area contributed by atoms with Crippen LogP contribution in [0.4, 0.5) is 5.69 Å². The molecule has 0 radical (unpaired) electrons. The van der Waals surface area contributed by atoms with E-state index in [1.54, 1.807) is 22.8 Å². The fourth-order valence-corrected chi connectivity index (χ4v) is 2.39. The molecule has 3 aromatic rings. The predicted octanol–water partition coefficient (Wildman–Crippen LogP) is 2.80. The summed E-state index contributed by atoms with van der Waals surface area (Å²) in [6.07, 6.45) is 1.78. The minimum Gasteiger partial charge on any atom is -0.430 e. The summed E-state index contributed by atoms with van der Waals surface area (Å²) in [4.78, 5) is 15.2. The highest BCUT2D eigenvalue weighted by molar-refractivity contribution is 7.18. The molecule has 0 bridgehead atoms. The van der Waals surface area contributed by atoms with E-state index in [0.29, 0.717) is 10.9 Å². The zero-order valence-electron chi connectivity index (χ0n) is 9.81. The average Bonchev–Trinajstić information content (AvgIpc) is 2.85. The Kier molecular flexibility index (Phi) is 2.64. The number of imidazole rings is 1. The van der Waals surface area contributed by atoms with E-state index in [0.717, 1.165) is 10.7 Å². The van der Waals surface area contributed by atoms with E-state index < -0.39 is 4.92 Å². The maximum Gasteiger partial charge on any atom is 0.299 e. The van der Waals surface area contributed by atoms with Crippen LogP contribution in [0.3, 0.4) is 0 Å². The van der Waals surface area contributed by atoms with E-state index in [9.17, 15) is 10.1 Å². The largest absolute Gasteiger partial charge is 0.430 e. The van der Waals surface area contributed by atoms with Gasteiger partial charge in [0.25, 0.3) is 10.9 Å². The average molecular weight is 276 g/mol. The van der Waals surface area contributed by atoms with E-state index in [1.165, 1.54) is 23.5 Å². The highest BCUT2D eigenvalue weighted by Gasteiger charge is 2.11. The van der Waals surface area contributed by atoms with Gasteiger partial charge in [0.15, 0.2) is 0 Å². The molecule has 3 rings (SSSR count). The summed E-state index contributed by atoms with van der Waals surface area (Å²) in [5, 5.41) is 15.2. The summed E-state index contributed by atoms with van der Waals surface area (Å²) in [6, 6.07) is 5.97. The molecule has 0 spiro atoms. The molecule has 0 saturated carbocycles. The van der Waals surface area contributed by atoms with E-state index in [4.69, 9.17) is 4.74 Å². The summed E-state index contributed by atoms with van der Waals surface area (Å²) < 4.78 is 7.11. The first-order valence-electron chi connectivity index (χ1n) is 5.37. The van der Waals surface area contributed by atoms with Gasteiger partial charge >= 0.3 is 0 Å². The second-order valence-corrected chi connectivity index (χ2v) is 4.75. The van der Waals surface area contributed by atoms with Crippen LogP contribution in [0, 0.1) is 17.0 Å². The number of hydrogen-bond acceptors (Lipinski definition) is 6. The molecule has 0 fully saturated rings. The van der Waals surface area contributed by atoms with E-state index >= 15 is 0 Å². The number of benzene rings is 1. The highest BCUT2D eigenvalue weighted by atomic mass is 32.1. The van der Waals surface area contributed by atoms with Crippen LogP contribution in [0.1, 0.15) is 5.69 Å². The van der Waals surface area contributed by atoms with Crippen LogP contribution >= 0.6 is 11.3 Å². The number of ether oxygens (including phenoxy) is 1. The van der Waals surface area contributed by atoms with Crippen molar-refractivity contribution in [3.05, 3.63) is 46.3 Å². The number of nitro benzene ring substituents is 1. The Bertz CT molecular complexity index is 733. The molecule has 0 aliphatic rings. The molecule has 1 aromatic carbocycles. The molecule has 0 aliphatic carbocycles. The van der Waals surface area contributed by atoms with Crippen molar-refractivity contribution in [1.82, 2.24) is 14.6 Å². The smallest absolute Gasteiger partial charge is 0.299 e. The number of non-ortho nitro benzene ring substituents is 1. The highest BCUT2D eigenvalue weighted by Crippen LogP contribution is 2.28. The lowest BCUT2D eigenvalue weighted by Gasteiger charge is -1.99. The normalized spacial score (nSPS) is 10.8. The molecule has 8 heteroatoms. The summed E-state index contributed by atoms with van der Waals surface area (Å²) >= 11 is 1.28. The fourth-order valence-electron chi connectivity index (χ4n) is 1.59. The number of rotatable bonds is 3. The van der Waals surface area contributed by atoms with Crippen molar-refractivity contribution < 1.29 is 9.66 Å². The van der Waals surface area contributed by atoms with E-state index in [2.05, 4.69) is 10.1 Å². The first-order chi connectivity index (χ1) is 9.11. The lowest BCUT2D eigenvalue weighted by molar-refractivity contribution is -0.384. The first kappa shape index (κ1) is 11.6. The van der Waals surface area contributed by atoms with Crippen LogP contribution in [-0.2, 0) is 0 Å². The first-order valence-corrected chi connectivity index (χ1v) is 6.18. The summed E-state index contributed by atoms with van der Waals surface area (Å²) in [5.41, 5.74) is 0.857. The maximum atomic E-state index is 10.7. The third-order valence-corrected chi connectivity index (χ3v) is 3.18. The van der Waals surface area contributed by atoms with Crippen molar-refractivity contribution in [3.63, 3.8) is 0 Å². The van der Waals surface area contributed by atoms with E-state index in [1.807, 2.05) is 6.92 Å². The number of aromatic nitrogens is 3. The van der Waals surface area contributed by atoms with Crippen LogP contribution in [-0.4, -0.2) is 19.5 Å². The molecule has 19 heavy (non-hydrogen) atoms. The van der Waals surface area contributed by atoms with Crippen LogP contribution in [0.15, 0.2) is 30.5 Å². The summed E-state index contributed by atoms with van der Waals surface area (Å²) in [7, 11) is 0. The van der Waals surface area contributed by atoms with Crippen LogP contribution in [0.25, 0.3) is 4.96 Å². The third kappa shape index (κ3) is 2.25. The molecule has 0 N–H and O–H groups in total.